The topological polar surface area (TPSA) is 54.0 Å². The Morgan fingerprint density at radius 2 is 1.81 bits per heavy atom. The highest BCUT2D eigenvalue weighted by Crippen LogP contribution is 2.30. The summed E-state index contributed by atoms with van der Waals surface area (Å²) in [7, 11) is 2.02. The number of fused-ring (bicyclic) bond motifs is 3. The van der Waals surface area contributed by atoms with Crippen LogP contribution in [0.3, 0.4) is 0 Å². The molecular formula is C22H23N3O2. The zero-order valence-electron chi connectivity index (χ0n) is 15.7. The number of rotatable bonds is 6. The van der Waals surface area contributed by atoms with Crippen molar-refractivity contribution >= 4 is 21.9 Å². The molecular weight excluding hydrogens is 338 g/mol. The van der Waals surface area contributed by atoms with Crippen molar-refractivity contribution in [1.82, 2.24) is 9.55 Å². The number of hydrogen-bond donors (Lipinski definition) is 0. The van der Waals surface area contributed by atoms with Crippen molar-refractivity contribution in [2.24, 2.45) is 7.05 Å². The van der Waals surface area contributed by atoms with Crippen molar-refractivity contribution in [3.63, 3.8) is 0 Å². The smallest absolute Gasteiger partial charge is 0.409 e. The van der Waals surface area contributed by atoms with E-state index in [0.717, 1.165) is 46.3 Å². The van der Waals surface area contributed by atoms with E-state index in [0.29, 0.717) is 17.6 Å². The Kier molecular flexibility index (Phi) is 4.67. The van der Waals surface area contributed by atoms with E-state index in [1.807, 2.05) is 61.6 Å². The van der Waals surface area contributed by atoms with Crippen LogP contribution in [0.4, 0.5) is 0 Å². The number of benzene rings is 2. The zero-order chi connectivity index (χ0) is 18.8. The predicted octanol–water partition coefficient (Wildman–Crippen LogP) is 4.28. The molecule has 0 bridgehead atoms. The van der Waals surface area contributed by atoms with Crippen LogP contribution in [0, 0.1) is 5.21 Å². The maximum Gasteiger partial charge on any atom is 0.409 e. The third-order valence-electron chi connectivity index (χ3n) is 4.93. The van der Waals surface area contributed by atoms with Gasteiger partial charge in [0.25, 0.3) is 0 Å². The van der Waals surface area contributed by atoms with Crippen LogP contribution >= 0.6 is 0 Å². The molecule has 0 unspecified atom stereocenters. The first-order valence-corrected chi connectivity index (χ1v) is 9.37. The number of imidazole rings is 1. The van der Waals surface area contributed by atoms with Crippen LogP contribution < -0.4 is 9.47 Å². The van der Waals surface area contributed by atoms with Crippen molar-refractivity contribution in [2.75, 3.05) is 0 Å². The van der Waals surface area contributed by atoms with E-state index in [9.17, 15) is 5.21 Å². The van der Waals surface area contributed by atoms with Crippen molar-refractivity contribution in [2.45, 2.75) is 32.8 Å². The quantitative estimate of drug-likeness (QED) is 0.380. The number of aryl methyl sites for hydroxylation is 2. The summed E-state index contributed by atoms with van der Waals surface area (Å²) in [5.74, 6) is 1.25. The normalized spacial score (nSPS) is 11.3. The van der Waals surface area contributed by atoms with E-state index in [4.69, 9.17) is 9.72 Å². The van der Waals surface area contributed by atoms with Crippen LogP contribution in [0.1, 0.15) is 31.2 Å². The van der Waals surface area contributed by atoms with E-state index in [1.54, 1.807) is 0 Å². The van der Waals surface area contributed by atoms with Crippen LogP contribution in [0.15, 0.2) is 54.6 Å². The van der Waals surface area contributed by atoms with Crippen LogP contribution in [-0.2, 0) is 20.1 Å². The summed E-state index contributed by atoms with van der Waals surface area (Å²) < 4.78 is 8.96. The van der Waals surface area contributed by atoms with Crippen LogP contribution in [0.2, 0.25) is 0 Å². The van der Waals surface area contributed by atoms with Gasteiger partial charge in [-0.05, 0) is 18.1 Å². The molecule has 2 heterocycles. The van der Waals surface area contributed by atoms with E-state index in [2.05, 4.69) is 11.5 Å². The fourth-order valence-corrected chi connectivity index (χ4v) is 3.47. The van der Waals surface area contributed by atoms with Gasteiger partial charge >= 0.3 is 5.88 Å². The monoisotopic (exact) mass is 361 g/mol. The molecule has 0 amide bonds. The van der Waals surface area contributed by atoms with E-state index in [-0.39, 0.29) is 5.88 Å². The molecule has 138 valence electrons. The molecule has 0 aliphatic heterocycles. The first-order valence-electron chi connectivity index (χ1n) is 9.37. The van der Waals surface area contributed by atoms with Gasteiger partial charge in [-0.25, -0.2) is 4.98 Å². The number of para-hydroxylation sites is 1. The molecule has 4 rings (SSSR count). The van der Waals surface area contributed by atoms with Gasteiger partial charge in [-0.1, -0.05) is 55.8 Å². The number of ether oxygens (including phenoxy) is 1. The first-order chi connectivity index (χ1) is 13.2. The van der Waals surface area contributed by atoms with Crippen molar-refractivity contribution < 1.29 is 9.47 Å². The molecule has 0 radical (unpaired) electrons. The summed E-state index contributed by atoms with van der Waals surface area (Å²) in [6, 6.07) is 17.5. The summed E-state index contributed by atoms with van der Waals surface area (Å²) in [5.41, 5.74) is 3.19. The summed E-state index contributed by atoms with van der Waals surface area (Å²) in [5, 5.41) is 13.9. The predicted molar refractivity (Wildman–Crippen MR) is 107 cm³/mol. The van der Waals surface area contributed by atoms with Crippen molar-refractivity contribution in [1.29, 1.82) is 0 Å². The Bertz CT molecular complexity index is 1090. The van der Waals surface area contributed by atoms with Crippen LogP contribution in [-0.4, -0.2) is 9.55 Å². The third kappa shape index (κ3) is 3.10. The molecule has 2 aromatic heterocycles. The van der Waals surface area contributed by atoms with Crippen molar-refractivity contribution in [3.05, 3.63) is 71.2 Å². The number of aromatic nitrogens is 3. The lowest BCUT2D eigenvalue weighted by Crippen LogP contribution is -2.30. The maximum absolute atomic E-state index is 13.0. The fourth-order valence-electron chi connectivity index (χ4n) is 3.47. The van der Waals surface area contributed by atoms with E-state index in [1.165, 1.54) is 0 Å². The van der Waals surface area contributed by atoms with Gasteiger partial charge in [-0.2, -0.15) is 0 Å². The second kappa shape index (κ2) is 7.27. The molecule has 5 nitrogen and oxygen atoms in total. The molecule has 2 aromatic carbocycles. The van der Waals surface area contributed by atoms with Gasteiger partial charge in [-0.15, -0.1) is 4.73 Å². The van der Waals surface area contributed by atoms with Crippen molar-refractivity contribution in [3.8, 4) is 5.88 Å². The third-order valence-corrected chi connectivity index (χ3v) is 4.93. The van der Waals surface area contributed by atoms with Gasteiger partial charge in [0.15, 0.2) is 0 Å². The Morgan fingerprint density at radius 1 is 1.07 bits per heavy atom. The Balaban J connectivity index is 1.88. The molecule has 27 heavy (non-hydrogen) atoms. The molecule has 4 aromatic rings. The Labute approximate surface area is 158 Å². The zero-order valence-corrected chi connectivity index (χ0v) is 15.7. The SMILES string of the molecule is CCCCc1nc2c(OCc3ccccc3)[n+]([O-])c3ccccc3c2n1C. The minimum atomic E-state index is 0.269. The summed E-state index contributed by atoms with van der Waals surface area (Å²) >= 11 is 0. The van der Waals surface area contributed by atoms with Gasteiger partial charge in [0.2, 0.25) is 11.0 Å². The molecule has 0 fully saturated rings. The molecule has 0 spiro atoms. The molecule has 5 heteroatoms. The second-order valence-electron chi connectivity index (χ2n) is 6.78. The number of unbranched alkanes of at least 4 members (excludes halogenated alkanes) is 1. The Hall–Kier alpha value is -3.08. The standard InChI is InChI=1S/C22H23N3O2/c1-3-4-14-19-23-20-21(24(19)2)17-12-8-9-13-18(17)25(26)22(20)27-15-16-10-6-5-7-11-16/h5-13H,3-4,14-15H2,1-2H3. The highest BCUT2D eigenvalue weighted by Gasteiger charge is 2.25. The summed E-state index contributed by atoms with van der Waals surface area (Å²) in [4.78, 5) is 4.79. The molecule has 0 saturated heterocycles. The Morgan fingerprint density at radius 3 is 2.59 bits per heavy atom. The largest absolute Gasteiger partial charge is 0.616 e. The van der Waals surface area contributed by atoms with Gasteiger partial charge in [0, 0.05) is 19.5 Å². The number of nitrogens with zero attached hydrogens (tertiary/aromatic N) is 3. The fraction of sp³-hybridized carbons (Fsp3) is 0.273. The molecule has 0 saturated carbocycles. The first kappa shape index (κ1) is 17.3. The number of pyridine rings is 1. The lowest BCUT2D eigenvalue weighted by atomic mass is 10.2. The van der Waals surface area contributed by atoms with Crippen LogP contribution in [0.5, 0.6) is 5.88 Å². The highest BCUT2D eigenvalue weighted by molar-refractivity contribution is 6.02. The minimum absolute atomic E-state index is 0.269. The molecule has 0 N–H and O–H groups in total. The van der Waals surface area contributed by atoms with Gasteiger partial charge in [-0.3, -0.25) is 0 Å². The van der Waals surface area contributed by atoms with Gasteiger partial charge in [0.1, 0.15) is 12.4 Å². The summed E-state index contributed by atoms with van der Waals surface area (Å²) in [6.45, 7) is 2.50. The lowest BCUT2D eigenvalue weighted by molar-refractivity contribution is -0.584. The molecule has 0 atom stereocenters. The van der Waals surface area contributed by atoms with E-state index >= 15 is 0 Å². The summed E-state index contributed by atoms with van der Waals surface area (Å²) in [6.07, 6.45) is 3.04. The second-order valence-corrected chi connectivity index (χ2v) is 6.78. The number of hydrogen-bond acceptors (Lipinski definition) is 3. The molecule has 0 aliphatic rings. The van der Waals surface area contributed by atoms with Gasteiger partial charge < -0.3 is 14.5 Å². The highest BCUT2D eigenvalue weighted by atomic mass is 16.5. The maximum atomic E-state index is 13.0. The van der Waals surface area contributed by atoms with E-state index < -0.39 is 0 Å². The lowest BCUT2D eigenvalue weighted by Gasteiger charge is -2.10. The molecule has 0 aliphatic carbocycles. The minimum Gasteiger partial charge on any atom is -0.616 e. The average Bonchev–Trinajstić information content (AvgIpc) is 3.03. The van der Waals surface area contributed by atoms with Crippen LogP contribution in [0.25, 0.3) is 21.9 Å². The average molecular weight is 361 g/mol. The van der Waals surface area contributed by atoms with Gasteiger partial charge in [0.05, 0.1) is 10.9 Å².